The largest absolute Gasteiger partial charge is 0.366 e. The van der Waals surface area contributed by atoms with Crippen LogP contribution in [-0.2, 0) is 4.79 Å². The van der Waals surface area contributed by atoms with Crippen LogP contribution in [0.5, 0.6) is 0 Å². The molecule has 5 atom stereocenters. The maximum Gasteiger partial charge on any atom is 0.141 e. The lowest BCUT2D eigenvalue weighted by molar-refractivity contribution is -0.128. The van der Waals surface area contributed by atoms with Gasteiger partial charge in [-0.25, -0.2) is 8.78 Å². The van der Waals surface area contributed by atoms with Crippen LogP contribution in [0, 0.1) is 23.5 Å². The van der Waals surface area contributed by atoms with Crippen LogP contribution >= 0.6 is 0 Å². The average Bonchev–Trinajstić information content (AvgIpc) is 3.19. The van der Waals surface area contributed by atoms with Gasteiger partial charge < -0.3 is 4.90 Å². The molecule has 2 saturated heterocycles. The second-order valence-electron chi connectivity index (χ2n) is 11.0. The lowest BCUT2D eigenvalue weighted by atomic mass is 9.75. The molecule has 2 aromatic rings. The Labute approximate surface area is 196 Å². The first-order valence-electron chi connectivity index (χ1n) is 12.1. The predicted octanol–water partition coefficient (Wildman–Crippen LogP) is 6.04. The molecule has 2 aromatic carbocycles. The number of carbonyl (C=O) groups excluding carboxylic acids is 1. The Kier molecular flexibility index (Phi) is 6.63. The van der Waals surface area contributed by atoms with Gasteiger partial charge in [-0.2, -0.15) is 0 Å². The molecule has 0 radical (unpaired) electrons. The fourth-order valence-electron chi connectivity index (χ4n) is 5.98. The highest BCUT2D eigenvalue weighted by molar-refractivity contribution is 5.85. The van der Waals surface area contributed by atoms with Gasteiger partial charge in [0.1, 0.15) is 17.4 Å². The van der Waals surface area contributed by atoms with Crippen LogP contribution in [0.1, 0.15) is 58.9 Å². The van der Waals surface area contributed by atoms with E-state index < -0.39 is 11.6 Å². The number of para-hydroxylation sites is 1. The fourth-order valence-corrected chi connectivity index (χ4v) is 5.98. The number of ketones is 1. The number of nitrogens with zero attached hydrogens (tertiary/aromatic N) is 2. The van der Waals surface area contributed by atoms with Crippen molar-refractivity contribution in [2.24, 2.45) is 11.8 Å². The molecular weight excluding hydrogens is 418 g/mol. The van der Waals surface area contributed by atoms with Gasteiger partial charge in [-0.1, -0.05) is 24.3 Å². The van der Waals surface area contributed by atoms with Crippen molar-refractivity contribution in [3.63, 3.8) is 0 Å². The van der Waals surface area contributed by atoms with Crippen LogP contribution in [0.4, 0.5) is 14.5 Å². The van der Waals surface area contributed by atoms with E-state index in [0.717, 1.165) is 18.9 Å². The first-order chi connectivity index (χ1) is 15.6. The minimum Gasteiger partial charge on any atom is -0.366 e. The van der Waals surface area contributed by atoms with Gasteiger partial charge in [0.25, 0.3) is 0 Å². The van der Waals surface area contributed by atoms with Crippen molar-refractivity contribution in [3.05, 3.63) is 65.7 Å². The molecule has 2 fully saturated rings. The van der Waals surface area contributed by atoms with Crippen molar-refractivity contribution in [2.75, 3.05) is 18.0 Å². The summed E-state index contributed by atoms with van der Waals surface area (Å²) in [6.07, 6.45) is 1.59. The summed E-state index contributed by atoms with van der Waals surface area (Å²) in [4.78, 5) is 18.6. The highest BCUT2D eigenvalue weighted by Crippen LogP contribution is 2.42. The maximum atomic E-state index is 14.8. The third-order valence-electron chi connectivity index (χ3n) is 7.65. The average molecular weight is 455 g/mol. The Morgan fingerprint density at radius 3 is 2.15 bits per heavy atom. The molecule has 0 aliphatic carbocycles. The molecule has 0 amide bonds. The SMILES string of the molecule is C[C@@H]1CC(C(=O)[C@@H]2CN(C(C)(C)C)C[C@H]2c2ccc(F)cc2F)C[C@H](C)N1c1ccccc1. The van der Waals surface area contributed by atoms with Gasteiger partial charge in [0, 0.05) is 60.2 Å². The van der Waals surface area contributed by atoms with Crippen LogP contribution in [-0.4, -0.2) is 41.4 Å². The van der Waals surface area contributed by atoms with Crippen LogP contribution in [0.3, 0.4) is 0 Å². The Morgan fingerprint density at radius 1 is 0.939 bits per heavy atom. The number of halogens is 2. The molecule has 0 spiro atoms. The fraction of sp³-hybridized carbons (Fsp3) is 0.536. The van der Waals surface area contributed by atoms with E-state index in [1.807, 2.05) is 18.2 Å². The normalized spacial score (nSPS) is 28.8. The molecule has 0 saturated carbocycles. The van der Waals surface area contributed by atoms with Gasteiger partial charge in [-0.15, -0.1) is 0 Å². The second-order valence-corrected chi connectivity index (χ2v) is 11.0. The summed E-state index contributed by atoms with van der Waals surface area (Å²) in [5, 5.41) is 0. The van der Waals surface area contributed by atoms with Crippen LogP contribution in [0.25, 0.3) is 0 Å². The van der Waals surface area contributed by atoms with Crippen molar-refractivity contribution in [2.45, 2.75) is 71.0 Å². The first kappa shape index (κ1) is 23.9. The van der Waals surface area contributed by atoms with Gasteiger partial charge >= 0.3 is 0 Å². The van der Waals surface area contributed by atoms with E-state index >= 15 is 0 Å². The molecule has 0 bridgehead atoms. The summed E-state index contributed by atoms with van der Waals surface area (Å²) in [5.41, 5.74) is 1.53. The van der Waals surface area contributed by atoms with E-state index in [-0.39, 0.29) is 41.2 Å². The quantitative estimate of drug-likeness (QED) is 0.563. The maximum absolute atomic E-state index is 14.8. The first-order valence-corrected chi connectivity index (χ1v) is 12.1. The molecule has 33 heavy (non-hydrogen) atoms. The molecule has 4 rings (SSSR count). The van der Waals surface area contributed by atoms with Crippen molar-refractivity contribution in [3.8, 4) is 0 Å². The van der Waals surface area contributed by atoms with E-state index in [9.17, 15) is 13.6 Å². The van der Waals surface area contributed by atoms with Crippen molar-refractivity contribution in [1.82, 2.24) is 4.90 Å². The zero-order valence-corrected chi connectivity index (χ0v) is 20.4. The number of carbonyl (C=O) groups is 1. The minimum absolute atomic E-state index is 0.0501. The molecule has 2 aliphatic heterocycles. The summed E-state index contributed by atoms with van der Waals surface area (Å²) in [6.45, 7) is 12.0. The summed E-state index contributed by atoms with van der Waals surface area (Å²) in [5.74, 6) is -1.48. The van der Waals surface area contributed by atoms with Crippen molar-refractivity contribution >= 4 is 11.5 Å². The molecular formula is C28H36F2N2O. The standard InChI is InChI=1S/C28H36F2N2O/c1-18-13-20(14-19(2)32(18)22-9-7-6-8-10-22)27(33)25-17-31(28(3,4)5)16-24(25)23-12-11-21(29)15-26(23)30/h6-12,15,18-20,24-25H,13-14,16-17H2,1-5H3/t18-,19+,20?,24-,25+/m0/s1. The Bertz CT molecular complexity index is 975. The highest BCUT2D eigenvalue weighted by Gasteiger charge is 2.46. The number of piperidine rings is 1. The lowest BCUT2D eigenvalue weighted by Crippen LogP contribution is -2.49. The van der Waals surface area contributed by atoms with E-state index in [2.05, 4.69) is 56.6 Å². The summed E-state index contributed by atoms with van der Waals surface area (Å²) in [6, 6.07) is 14.6. The zero-order valence-electron chi connectivity index (χ0n) is 20.4. The Morgan fingerprint density at radius 2 is 1.58 bits per heavy atom. The van der Waals surface area contributed by atoms with Crippen LogP contribution < -0.4 is 4.90 Å². The number of rotatable bonds is 4. The summed E-state index contributed by atoms with van der Waals surface area (Å²) >= 11 is 0. The van der Waals surface area contributed by atoms with E-state index in [0.29, 0.717) is 18.7 Å². The summed E-state index contributed by atoms with van der Waals surface area (Å²) < 4.78 is 28.4. The van der Waals surface area contributed by atoms with E-state index in [4.69, 9.17) is 0 Å². The molecule has 3 nitrogen and oxygen atoms in total. The van der Waals surface area contributed by atoms with Gasteiger partial charge in [0.05, 0.1) is 0 Å². The molecule has 1 unspecified atom stereocenters. The Hall–Kier alpha value is -2.27. The molecule has 5 heteroatoms. The number of hydrogen-bond donors (Lipinski definition) is 0. The Balaban J connectivity index is 1.58. The van der Waals surface area contributed by atoms with Gasteiger partial charge in [-0.05, 0) is 71.2 Å². The molecule has 0 N–H and O–H groups in total. The second kappa shape index (κ2) is 9.17. The van der Waals surface area contributed by atoms with E-state index in [1.54, 1.807) is 0 Å². The van der Waals surface area contributed by atoms with E-state index in [1.165, 1.54) is 17.8 Å². The minimum atomic E-state index is -0.583. The number of Topliss-reactive ketones (excluding diaryl/α,β-unsaturated/α-hetero) is 1. The lowest BCUT2D eigenvalue weighted by Gasteiger charge is -2.44. The van der Waals surface area contributed by atoms with Gasteiger partial charge in [-0.3, -0.25) is 9.69 Å². The van der Waals surface area contributed by atoms with Crippen molar-refractivity contribution in [1.29, 1.82) is 0 Å². The molecule has 178 valence electrons. The number of anilines is 1. The molecule has 2 heterocycles. The topological polar surface area (TPSA) is 23.6 Å². The molecule has 0 aromatic heterocycles. The number of likely N-dealkylation sites (tertiary alicyclic amines) is 1. The zero-order chi connectivity index (χ0) is 23.9. The summed E-state index contributed by atoms with van der Waals surface area (Å²) in [7, 11) is 0. The molecule has 2 aliphatic rings. The van der Waals surface area contributed by atoms with Gasteiger partial charge in [0.15, 0.2) is 0 Å². The van der Waals surface area contributed by atoms with Gasteiger partial charge in [0.2, 0.25) is 0 Å². The monoisotopic (exact) mass is 454 g/mol. The highest BCUT2D eigenvalue weighted by atomic mass is 19.1. The third-order valence-corrected chi connectivity index (χ3v) is 7.65. The number of benzene rings is 2. The number of hydrogen-bond acceptors (Lipinski definition) is 3. The smallest absolute Gasteiger partial charge is 0.141 e. The van der Waals surface area contributed by atoms with Crippen LogP contribution in [0.15, 0.2) is 48.5 Å². The van der Waals surface area contributed by atoms with Crippen molar-refractivity contribution < 1.29 is 13.6 Å². The third kappa shape index (κ3) is 4.84. The van der Waals surface area contributed by atoms with Crippen LogP contribution in [0.2, 0.25) is 0 Å². The predicted molar refractivity (Wildman–Crippen MR) is 129 cm³/mol.